The van der Waals surface area contributed by atoms with Gasteiger partial charge in [0.25, 0.3) is 0 Å². The molecule has 1 heterocycles. The van der Waals surface area contributed by atoms with E-state index in [9.17, 15) is 10.2 Å². The summed E-state index contributed by atoms with van der Waals surface area (Å²) in [4.78, 5) is 2.66. The van der Waals surface area contributed by atoms with Crippen LogP contribution in [-0.4, -0.2) is 59.2 Å². The molecular formula is C26H47NO3. The first kappa shape index (κ1) is 23.0. The minimum absolute atomic E-state index is 0.0324. The summed E-state index contributed by atoms with van der Waals surface area (Å²) in [5, 5.41) is 19.9. The van der Waals surface area contributed by atoms with Crippen LogP contribution in [0, 0.1) is 35.5 Å². The molecule has 4 heteroatoms. The van der Waals surface area contributed by atoms with Crippen LogP contribution in [0.3, 0.4) is 0 Å². The third-order valence-corrected chi connectivity index (χ3v) is 9.53. The lowest BCUT2D eigenvalue weighted by atomic mass is 9.64. The van der Waals surface area contributed by atoms with Gasteiger partial charge in [0, 0.05) is 19.1 Å². The van der Waals surface area contributed by atoms with Crippen molar-refractivity contribution in [2.75, 3.05) is 26.3 Å². The lowest BCUT2D eigenvalue weighted by Crippen LogP contribution is -2.50. The maximum Gasteiger partial charge on any atom is 0.0625 e. The number of morpholine rings is 1. The van der Waals surface area contributed by atoms with E-state index in [2.05, 4.69) is 18.7 Å². The van der Waals surface area contributed by atoms with Gasteiger partial charge in [-0.15, -0.1) is 0 Å². The van der Waals surface area contributed by atoms with Gasteiger partial charge in [-0.1, -0.05) is 26.7 Å². The molecule has 0 bridgehead atoms. The van der Waals surface area contributed by atoms with Gasteiger partial charge in [0.05, 0.1) is 24.9 Å². The van der Waals surface area contributed by atoms with Crippen LogP contribution < -0.4 is 0 Å². The zero-order valence-electron chi connectivity index (χ0n) is 19.8. The number of aliphatic hydroxyl groups excluding tert-OH is 1. The molecule has 3 saturated carbocycles. The molecule has 0 aromatic heterocycles. The Morgan fingerprint density at radius 2 is 1.43 bits per heavy atom. The number of ether oxygens (including phenoxy) is 1. The van der Waals surface area contributed by atoms with Crippen molar-refractivity contribution in [3.8, 4) is 0 Å². The molecule has 4 fully saturated rings. The first-order valence-corrected chi connectivity index (χ1v) is 13.0. The van der Waals surface area contributed by atoms with Crippen LogP contribution in [0.4, 0.5) is 0 Å². The van der Waals surface area contributed by atoms with Gasteiger partial charge in [0.2, 0.25) is 0 Å². The standard InChI is InChI=1S/C26H47NO3/c1-18(21-12-24(13-21)27-8-10-30-11-9-27)4-6-20(22-14-25(28)15-22)7-5-19(2)23-16-26(3,29)17-23/h18-25,28-29H,4-17H2,1-3H3. The van der Waals surface area contributed by atoms with Crippen molar-refractivity contribution in [2.45, 2.75) is 103 Å². The zero-order valence-corrected chi connectivity index (χ0v) is 19.8. The highest BCUT2D eigenvalue weighted by Gasteiger charge is 2.42. The number of rotatable bonds is 10. The SMILES string of the molecule is CC(CCC(CCC(C)C1CC(C)(O)C1)C1CC(O)C1)C1CC(N2CCOCC2)C1. The maximum absolute atomic E-state index is 10.1. The molecule has 4 aliphatic rings. The van der Waals surface area contributed by atoms with E-state index in [1.807, 2.05) is 6.92 Å². The van der Waals surface area contributed by atoms with Crippen LogP contribution in [-0.2, 0) is 4.74 Å². The molecule has 3 atom stereocenters. The van der Waals surface area contributed by atoms with E-state index in [1.54, 1.807) is 0 Å². The van der Waals surface area contributed by atoms with Gasteiger partial charge >= 0.3 is 0 Å². The third-order valence-electron chi connectivity index (χ3n) is 9.53. The summed E-state index contributed by atoms with van der Waals surface area (Å²) < 4.78 is 5.51. The molecule has 1 aliphatic heterocycles. The van der Waals surface area contributed by atoms with E-state index < -0.39 is 5.60 Å². The topological polar surface area (TPSA) is 52.9 Å². The molecule has 0 spiro atoms. The van der Waals surface area contributed by atoms with Gasteiger partial charge in [-0.2, -0.15) is 0 Å². The first-order chi connectivity index (χ1) is 14.3. The van der Waals surface area contributed by atoms with Gasteiger partial charge < -0.3 is 14.9 Å². The maximum atomic E-state index is 10.1. The van der Waals surface area contributed by atoms with Crippen LogP contribution in [0.2, 0.25) is 0 Å². The summed E-state index contributed by atoms with van der Waals surface area (Å²) in [5.41, 5.74) is -0.395. The number of hydrogen-bond donors (Lipinski definition) is 2. The smallest absolute Gasteiger partial charge is 0.0625 e. The van der Waals surface area contributed by atoms with Crippen LogP contribution in [0.15, 0.2) is 0 Å². The fourth-order valence-electron chi connectivity index (χ4n) is 6.86. The molecule has 0 aromatic carbocycles. The second-order valence-electron chi connectivity index (χ2n) is 12.0. The van der Waals surface area contributed by atoms with Gasteiger partial charge in [-0.25, -0.2) is 0 Å². The molecule has 3 unspecified atom stereocenters. The molecule has 0 radical (unpaired) electrons. The predicted octanol–water partition coefficient (Wildman–Crippen LogP) is 4.48. The minimum atomic E-state index is -0.395. The Morgan fingerprint density at radius 1 is 0.867 bits per heavy atom. The number of aliphatic hydroxyl groups is 2. The molecule has 3 aliphatic carbocycles. The molecule has 0 amide bonds. The zero-order chi connectivity index (χ0) is 21.3. The highest BCUT2D eigenvalue weighted by atomic mass is 16.5. The van der Waals surface area contributed by atoms with Crippen molar-refractivity contribution < 1.29 is 14.9 Å². The van der Waals surface area contributed by atoms with Crippen molar-refractivity contribution in [1.82, 2.24) is 4.90 Å². The Labute approximate surface area is 184 Å². The Morgan fingerprint density at radius 3 is 1.97 bits per heavy atom. The van der Waals surface area contributed by atoms with Crippen molar-refractivity contribution in [1.29, 1.82) is 0 Å². The third kappa shape index (κ3) is 5.60. The Hall–Kier alpha value is -0.160. The summed E-state index contributed by atoms with van der Waals surface area (Å²) in [7, 11) is 0. The van der Waals surface area contributed by atoms with E-state index in [0.29, 0.717) is 0 Å². The van der Waals surface area contributed by atoms with Crippen LogP contribution in [0.1, 0.15) is 85.0 Å². The Bertz CT molecular complexity index is 526. The average molecular weight is 422 g/mol. The van der Waals surface area contributed by atoms with Crippen molar-refractivity contribution >= 4 is 0 Å². The molecule has 4 nitrogen and oxygen atoms in total. The van der Waals surface area contributed by atoms with E-state index in [0.717, 1.165) is 93.5 Å². The monoisotopic (exact) mass is 421 g/mol. The Balaban J connectivity index is 1.18. The minimum Gasteiger partial charge on any atom is -0.393 e. The molecular weight excluding hydrogens is 374 g/mol. The largest absolute Gasteiger partial charge is 0.393 e. The quantitative estimate of drug-likeness (QED) is 0.546. The van der Waals surface area contributed by atoms with E-state index in [-0.39, 0.29) is 6.10 Å². The molecule has 0 aromatic rings. The molecule has 2 N–H and O–H groups in total. The van der Waals surface area contributed by atoms with Gasteiger partial charge in [0.15, 0.2) is 0 Å². The molecule has 30 heavy (non-hydrogen) atoms. The first-order valence-electron chi connectivity index (χ1n) is 13.0. The van der Waals surface area contributed by atoms with Crippen LogP contribution in [0.5, 0.6) is 0 Å². The van der Waals surface area contributed by atoms with E-state index >= 15 is 0 Å². The summed E-state index contributed by atoms with van der Waals surface area (Å²) in [6.07, 6.45) is 12.2. The van der Waals surface area contributed by atoms with Crippen LogP contribution >= 0.6 is 0 Å². The van der Waals surface area contributed by atoms with Gasteiger partial charge in [-0.05, 0) is 93.8 Å². The molecule has 4 rings (SSSR count). The number of hydrogen-bond acceptors (Lipinski definition) is 4. The fraction of sp³-hybridized carbons (Fsp3) is 1.00. The average Bonchev–Trinajstić information content (AvgIpc) is 2.63. The van der Waals surface area contributed by atoms with E-state index in [1.165, 1.54) is 38.5 Å². The van der Waals surface area contributed by atoms with Crippen molar-refractivity contribution in [2.24, 2.45) is 35.5 Å². The molecule has 174 valence electrons. The summed E-state index contributed by atoms with van der Waals surface area (Å²) in [5.74, 6) is 4.77. The van der Waals surface area contributed by atoms with Gasteiger partial charge in [-0.3, -0.25) is 4.90 Å². The normalized spacial score (nSPS) is 42.5. The van der Waals surface area contributed by atoms with Crippen molar-refractivity contribution in [3.05, 3.63) is 0 Å². The highest BCUT2D eigenvalue weighted by molar-refractivity contribution is 4.94. The lowest BCUT2D eigenvalue weighted by Gasteiger charge is -2.47. The van der Waals surface area contributed by atoms with Crippen LogP contribution in [0.25, 0.3) is 0 Å². The number of nitrogens with zero attached hydrogens (tertiary/aromatic N) is 1. The summed E-state index contributed by atoms with van der Waals surface area (Å²) in [6, 6.07) is 0.819. The lowest BCUT2D eigenvalue weighted by molar-refractivity contribution is -0.0764. The summed E-state index contributed by atoms with van der Waals surface area (Å²) in [6.45, 7) is 11.0. The van der Waals surface area contributed by atoms with Gasteiger partial charge in [0.1, 0.15) is 0 Å². The van der Waals surface area contributed by atoms with Crippen molar-refractivity contribution in [3.63, 3.8) is 0 Å². The van der Waals surface area contributed by atoms with E-state index in [4.69, 9.17) is 4.74 Å². The second kappa shape index (κ2) is 9.77. The highest BCUT2D eigenvalue weighted by Crippen LogP contribution is 2.46. The second-order valence-corrected chi connectivity index (χ2v) is 12.0. The Kier molecular flexibility index (Phi) is 7.49. The molecule has 1 saturated heterocycles. The fourth-order valence-corrected chi connectivity index (χ4v) is 6.86. The predicted molar refractivity (Wildman–Crippen MR) is 121 cm³/mol. The summed E-state index contributed by atoms with van der Waals surface area (Å²) >= 11 is 0.